The number of rotatable bonds is 2. The van der Waals surface area contributed by atoms with Crippen LogP contribution in [0.1, 0.15) is 5.69 Å². The quantitative estimate of drug-likeness (QED) is 0.797. The molecule has 0 unspecified atom stereocenters. The second-order valence-corrected chi connectivity index (χ2v) is 3.53. The third kappa shape index (κ3) is 1.81. The predicted octanol–water partition coefficient (Wildman–Crippen LogP) is 1.24. The maximum atomic E-state index is 4.40. The lowest BCUT2D eigenvalue weighted by Gasteiger charge is -2.11. The van der Waals surface area contributed by atoms with Crippen molar-refractivity contribution >= 4 is 5.95 Å². The number of hydrogen-bond acceptors (Lipinski definition) is 4. The van der Waals surface area contributed by atoms with Gasteiger partial charge < -0.3 is 4.90 Å². The summed E-state index contributed by atoms with van der Waals surface area (Å²) in [6, 6.07) is 1.90. The summed E-state index contributed by atoms with van der Waals surface area (Å²) in [5, 5.41) is 6.81. The molecule has 15 heavy (non-hydrogen) atoms. The van der Waals surface area contributed by atoms with E-state index in [1.165, 1.54) is 0 Å². The lowest BCUT2D eigenvalue weighted by Crippen LogP contribution is -2.13. The van der Waals surface area contributed by atoms with Gasteiger partial charge in [0.05, 0.1) is 11.4 Å². The van der Waals surface area contributed by atoms with E-state index >= 15 is 0 Å². The molecular formula is C10H13N5. The SMILES string of the molecule is Cc1nc(N(C)C)ncc1-c1ccn[nH]1. The maximum Gasteiger partial charge on any atom is 0.225 e. The van der Waals surface area contributed by atoms with Crippen LogP contribution in [-0.4, -0.2) is 34.3 Å². The molecule has 1 N–H and O–H groups in total. The van der Waals surface area contributed by atoms with Crippen molar-refractivity contribution in [3.8, 4) is 11.3 Å². The van der Waals surface area contributed by atoms with E-state index in [0.717, 1.165) is 22.9 Å². The smallest absolute Gasteiger partial charge is 0.225 e. The molecule has 0 radical (unpaired) electrons. The summed E-state index contributed by atoms with van der Waals surface area (Å²) in [6.07, 6.45) is 3.53. The normalized spacial score (nSPS) is 10.3. The van der Waals surface area contributed by atoms with Crippen molar-refractivity contribution in [1.29, 1.82) is 0 Å². The predicted molar refractivity (Wildman–Crippen MR) is 58.7 cm³/mol. The van der Waals surface area contributed by atoms with Crippen molar-refractivity contribution in [2.75, 3.05) is 19.0 Å². The Morgan fingerprint density at radius 3 is 2.67 bits per heavy atom. The van der Waals surface area contributed by atoms with E-state index in [1.54, 1.807) is 6.20 Å². The Hall–Kier alpha value is -1.91. The van der Waals surface area contributed by atoms with Crippen molar-refractivity contribution in [2.45, 2.75) is 6.92 Å². The summed E-state index contributed by atoms with van der Waals surface area (Å²) in [4.78, 5) is 10.5. The van der Waals surface area contributed by atoms with Crippen LogP contribution in [0.5, 0.6) is 0 Å². The molecule has 2 aromatic rings. The molecular weight excluding hydrogens is 190 g/mol. The fourth-order valence-electron chi connectivity index (χ4n) is 1.34. The molecule has 0 aliphatic carbocycles. The van der Waals surface area contributed by atoms with Crippen LogP contribution in [0, 0.1) is 6.92 Å². The molecule has 0 aromatic carbocycles. The first-order chi connectivity index (χ1) is 7.18. The number of aryl methyl sites for hydroxylation is 1. The molecule has 0 aliphatic heterocycles. The number of nitrogens with one attached hydrogen (secondary N) is 1. The second-order valence-electron chi connectivity index (χ2n) is 3.53. The van der Waals surface area contributed by atoms with Crippen molar-refractivity contribution in [3.05, 3.63) is 24.2 Å². The van der Waals surface area contributed by atoms with Crippen molar-refractivity contribution in [2.24, 2.45) is 0 Å². The Morgan fingerprint density at radius 1 is 1.33 bits per heavy atom. The van der Waals surface area contributed by atoms with Crippen LogP contribution in [-0.2, 0) is 0 Å². The average Bonchev–Trinajstić information content (AvgIpc) is 2.70. The number of anilines is 1. The summed E-state index contributed by atoms with van der Waals surface area (Å²) in [5.74, 6) is 0.718. The summed E-state index contributed by atoms with van der Waals surface area (Å²) in [5.41, 5.74) is 2.87. The summed E-state index contributed by atoms with van der Waals surface area (Å²) in [6.45, 7) is 1.96. The van der Waals surface area contributed by atoms with Gasteiger partial charge in [0.2, 0.25) is 5.95 Å². The van der Waals surface area contributed by atoms with Crippen LogP contribution in [0.25, 0.3) is 11.3 Å². The fourth-order valence-corrected chi connectivity index (χ4v) is 1.34. The van der Waals surface area contributed by atoms with Gasteiger partial charge in [0.1, 0.15) is 0 Å². The van der Waals surface area contributed by atoms with E-state index in [2.05, 4.69) is 20.2 Å². The molecule has 0 spiro atoms. The highest BCUT2D eigenvalue weighted by Crippen LogP contribution is 2.19. The van der Waals surface area contributed by atoms with E-state index in [0.29, 0.717) is 0 Å². The molecule has 0 amide bonds. The van der Waals surface area contributed by atoms with E-state index in [-0.39, 0.29) is 0 Å². The van der Waals surface area contributed by atoms with Gasteiger partial charge in [0.25, 0.3) is 0 Å². The topological polar surface area (TPSA) is 57.7 Å². The van der Waals surface area contributed by atoms with E-state index < -0.39 is 0 Å². The van der Waals surface area contributed by atoms with E-state index in [1.807, 2.05) is 38.2 Å². The first-order valence-electron chi connectivity index (χ1n) is 4.69. The van der Waals surface area contributed by atoms with Crippen molar-refractivity contribution in [1.82, 2.24) is 20.2 Å². The minimum atomic E-state index is 0.718. The first kappa shape index (κ1) is 9.64. The second kappa shape index (κ2) is 3.68. The average molecular weight is 203 g/mol. The molecule has 5 nitrogen and oxygen atoms in total. The molecule has 0 bridgehead atoms. The highest BCUT2D eigenvalue weighted by Gasteiger charge is 2.07. The zero-order valence-electron chi connectivity index (χ0n) is 9.02. The Morgan fingerprint density at radius 2 is 2.13 bits per heavy atom. The van der Waals surface area contributed by atoms with Crippen molar-refractivity contribution < 1.29 is 0 Å². The molecule has 78 valence electrons. The van der Waals surface area contributed by atoms with Crippen LogP contribution >= 0.6 is 0 Å². The van der Waals surface area contributed by atoms with Gasteiger partial charge in [-0.25, -0.2) is 9.97 Å². The third-order valence-corrected chi connectivity index (χ3v) is 2.16. The number of aromatic amines is 1. The Kier molecular flexibility index (Phi) is 2.37. The van der Waals surface area contributed by atoms with Crippen LogP contribution in [0.3, 0.4) is 0 Å². The number of nitrogens with zero attached hydrogens (tertiary/aromatic N) is 4. The van der Waals surface area contributed by atoms with Gasteiger partial charge in [-0.1, -0.05) is 0 Å². The minimum Gasteiger partial charge on any atom is -0.347 e. The molecule has 2 rings (SSSR count). The minimum absolute atomic E-state index is 0.718. The van der Waals surface area contributed by atoms with E-state index in [9.17, 15) is 0 Å². The lowest BCUT2D eigenvalue weighted by molar-refractivity contribution is 0.975. The van der Waals surface area contributed by atoms with E-state index in [4.69, 9.17) is 0 Å². The molecule has 2 aromatic heterocycles. The molecule has 5 heteroatoms. The molecule has 0 fully saturated rings. The van der Waals surface area contributed by atoms with Crippen LogP contribution in [0.15, 0.2) is 18.5 Å². The fraction of sp³-hybridized carbons (Fsp3) is 0.300. The van der Waals surface area contributed by atoms with Gasteiger partial charge in [-0.2, -0.15) is 5.10 Å². The number of H-pyrrole nitrogens is 1. The summed E-state index contributed by atoms with van der Waals surface area (Å²) < 4.78 is 0. The van der Waals surface area contributed by atoms with Crippen molar-refractivity contribution in [3.63, 3.8) is 0 Å². The van der Waals surface area contributed by atoms with Gasteiger partial charge in [-0.15, -0.1) is 0 Å². The van der Waals surface area contributed by atoms with Crippen LogP contribution in [0.2, 0.25) is 0 Å². The Labute approximate surface area is 88.2 Å². The first-order valence-corrected chi connectivity index (χ1v) is 4.69. The zero-order chi connectivity index (χ0) is 10.8. The lowest BCUT2D eigenvalue weighted by atomic mass is 10.2. The van der Waals surface area contributed by atoms with Gasteiger partial charge in [-0.3, -0.25) is 5.10 Å². The third-order valence-electron chi connectivity index (χ3n) is 2.16. The van der Waals surface area contributed by atoms with Gasteiger partial charge in [-0.05, 0) is 13.0 Å². The molecule has 0 aliphatic rings. The summed E-state index contributed by atoms with van der Waals surface area (Å²) >= 11 is 0. The molecule has 2 heterocycles. The summed E-state index contributed by atoms with van der Waals surface area (Å²) in [7, 11) is 3.84. The van der Waals surface area contributed by atoms with Gasteiger partial charge >= 0.3 is 0 Å². The maximum absolute atomic E-state index is 4.40. The molecule has 0 atom stereocenters. The monoisotopic (exact) mass is 203 g/mol. The molecule has 0 saturated heterocycles. The molecule has 0 saturated carbocycles. The largest absolute Gasteiger partial charge is 0.347 e. The standard InChI is InChI=1S/C10H13N5/c1-7-8(9-4-5-12-14-9)6-11-10(13-7)15(2)3/h4-6H,1-3H3,(H,12,14). The van der Waals surface area contributed by atoms with Gasteiger partial charge in [0, 0.05) is 32.1 Å². The highest BCUT2D eigenvalue weighted by molar-refractivity contribution is 5.60. The Bertz CT molecular complexity index is 447. The van der Waals surface area contributed by atoms with Crippen LogP contribution in [0.4, 0.5) is 5.95 Å². The highest BCUT2D eigenvalue weighted by atomic mass is 15.2. The zero-order valence-corrected chi connectivity index (χ0v) is 9.02. The number of hydrogen-bond donors (Lipinski definition) is 1. The van der Waals surface area contributed by atoms with Crippen LogP contribution < -0.4 is 4.90 Å². The Balaban J connectivity index is 2.44. The number of aromatic nitrogens is 4. The van der Waals surface area contributed by atoms with Gasteiger partial charge in [0.15, 0.2) is 0 Å².